The van der Waals surface area contributed by atoms with Gasteiger partial charge in [-0.3, -0.25) is 15.1 Å². The Labute approximate surface area is 119 Å². The van der Waals surface area contributed by atoms with Gasteiger partial charge in [-0.25, -0.2) is 0 Å². The summed E-state index contributed by atoms with van der Waals surface area (Å²) in [6.07, 6.45) is 1.66. The predicted molar refractivity (Wildman–Crippen MR) is 77.1 cm³/mol. The van der Waals surface area contributed by atoms with E-state index in [0.717, 1.165) is 5.39 Å². The number of aromatic nitrogens is 2. The van der Waals surface area contributed by atoms with Crippen molar-refractivity contribution in [1.29, 1.82) is 0 Å². The maximum absolute atomic E-state index is 10.7. The van der Waals surface area contributed by atoms with Crippen LogP contribution >= 0.6 is 0 Å². The lowest BCUT2D eigenvalue weighted by Crippen LogP contribution is -1.99. The first-order valence-electron chi connectivity index (χ1n) is 6.07. The van der Waals surface area contributed by atoms with Crippen LogP contribution in [-0.4, -0.2) is 14.9 Å². The van der Waals surface area contributed by atoms with Crippen molar-refractivity contribution in [3.63, 3.8) is 0 Å². The van der Waals surface area contributed by atoms with E-state index in [0.29, 0.717) is 11.3 Å². The number of nitrogens with zero attached hydrogens (tertiary/aromatic N) is 3. The van der Waals surface area contributed by atoms with E-state index < -0.39 is 4.92 Å². The molecule has 2 N–H and O–H groups in total. The smallest absolute Gasteiger partial charge is 0.311 e. The summed E-state index contributed by atoms with van der Waals surface area (Å²) in [6, 6.07) is 11.9. The van der Waals surface area contributed by atoms with Crippen LogP contribution in [0.1, 0.15) is 0 Å². The second kappa shape index (κ2) is 5.04. The van der Waals surface area contributed by atoms with Crippen molar-refractivity contribution in [2.75, 3.05) is 5.73 Å². The van der Waals surface area contributed by atoms with Crippen molar-refractivity contribution in [2.45, 2.75) is 0 Å². The molecule has 0 atom stereocenters. The first kappa shape index (κ1) is 12.8. The molecule has 0 saturated carbocycles. The molecule has 2 heterocycles. The maximum atomic E-state index is 10.7. The molecule has 21 heavy (non-hydrogen) atoms. The predicted octanol–water partition coefficient (Wildman–Crippen LogP) is 2.91. The Bertz CT molecular complexity index is 830. The van der Waals surface area contributed by atoms with Gasteiger partial charge in [-0.15, -0.1) is 0 Å². The topological polar surface area (TPSA) is 104 Å². The Balaban J connectivity index is 1.99. The largest absolute Gasteiger partial charge is 0.437 e. The van der Waals surface area contributed by atoms with Crippen LogP contribution in [0.15, 0.2) is 48.7 Å². The van der Waals surface area contributed by atoms with Crippen LogP contribution in [0.25, 0.3) is 10.9 Å². The van der Waals surface area contributed by atoms with Gasteiger partial charge in [0.15, 0.2) is 5.75 Å². The lowest BCUT2D eigenvalue weighted by atomic mass is 10.2. The molecule has 104 valence electrons. The van der Waals surface area contributed by atoms with Crippen molar-refractivity contribution < 1.29 is 9.66 Å². The fraction of sp³-hybridized carbons (Fsp3) is 0. The Kier molecular flexibility index (Phi) is 3.07. The number of nitro groups is 1. The molecule has 2 aromatic heterocycles. The van der Waals surface area contributed by atoms with E-state index in [4.69, 9.17) is 10.5 Å². The molecule has 0 radical (unpaired) electrons. The summed E-state index contributed by atoms with van der Waals surface area (Å²) in [5, 5.41) is 11.6. The lowest BCUT2D eigenvalue weighted by Gasteiger charge is -2.07. The Morgan fingerprint density at radius 3 is 2.71 bits per heavy atom. The summed E-state index contributed by atoms with van der Waals surface area (Å²) in [4.78, 5) is 18.2. The molecule has 0 unspecified atom stereocenters. The number of para-hydroxylation sites is 1. The number of anilines is 1. The Morgan fingerprint density at radius 2 is 1.95 bits per heavy atom. The van der Waals surface area contributed by atoms with Crippen LogP contribution in [0.4, 0.5) is 11.5 Å². The summed E-state index contributed by atoms with van der Waals surface area (Å²) in [6.45, 7) is 0. The Hall–Kier alpha value is -3.22. The molecule has 3 aromatic rings. The number of nitrogen functional groups attached to an aromatic ring is 1. The zero-order valence-corrected chi connectivity index (χ0v) is 10.8. The van der Waals surface area contributed by atoms with Gasteiger partial charge < -0.3 is 10.5 Å². The summed E-state index contributed by atoms with van der Waals surface area (Å²) >= 11 is 0. The molecule has 3 rings (SSSR count). The molecule has 7 heteroatoms. The quantitative estimate of drug-likeness (QED) is 0.585. The molecule has 0 amide bonds. The van der Waals surface area contributed by atoms with Gasteiger partial charge in [-0.2, -0.15) is 4.98 Å². The average molecular weight is 282 g/mol. The lowest BCUT2D eigenvalue weighted by molar-refractivity contribution is -0.384. The summed E-state index contributed by atoms with van der Waals surface area (Å²) in [5.74, 6) is 0.496. The van der Waals surface area contributed by atoms with E-state index in [-0.39, 0.29) is 17.4 Å². The standard InChI is InChI=1S/C14H10N4O3/c15-14-10(18(19)20)6-7-12(17-14)21-11-5-1-3-9-4-2-8-16-13(9)11/h1-8H,(H2,15,17). The number of hydrogen-bond acceptors (Lipinski definition) is 6. The van der Waals surface area contributed by atoms with E-state index in [1.165, 1.54) is 12.1 Å². The van der Waals surface area contributed by atoms with Crippen molar-refractivity contribution in [3.05, 3.63) is 58.8 Å². The molecular weight excluding hydrogens is 272 g/mol. The zero-order chi connectivity index (χ0) is 14.8. The highest BCUT2D eigenvalue weighted by molar-refractivity contribution is 5.84. The molecule has 0 bridgehead atoms. The second-order valence-corrected chi connectivity index (χ2v) is 4.24. The fourth-order valence-electron chi connectivity index (χ4n) is 1.93. The highest BCUT2D eigenvalue weighted by atomic mass is 16.6. The first-order chi connectivity index (χ1) is 10.1. The van der Waals surface area contributed by atoms with Gasteiger partial charge in [-0.1, -0.05) is 18.2 Å². The van der Waals surface area contributed by atoms with Crippen LogP contribution in [0.3, 0.4) is 0 Å². The highest BCUT2D eigenvalue weighted by Crippen LogP contribution is 2.29. The molecular formula is C14H10N4O3. The number of nitrogens with two attached hydrogens (primary N) is 1. The van der Waals surface area contributed by atoms with Crippen LogP contribution in [0.2, 0.25) is 0 Å². The van der Waals surface area contributed by atoms with E-state index in [1.807, 2.05) is 24.3 Å². The van der Waals surface area contributed by atoms with E-state index >= 15 is 0 Å². The molecule has 1 aromatic carbocycles. The molecule has 0 aliphatic carbocycles. The molecule has 0 aliphatic heterocycles. The molecule has 0 aliphatic rings. The summed E-state index contributed by atoms with van der Waals surface area (Å²) in [7, 11) is 0. The molecule has 0 spiro atoms. The first-order valence-corrected chi connectivity index (χ1v) is 6.07. The SMILES string of the molecule is Nc1nc(Oc2cccc3cccnc23)ccc1[N+](=O)[O-]. The number of benzene rings is 1. The minimum atomic E-state index is -0.592. The van der Waals surface area contributed by atoms with Crippen LogP contribution in [0.5, 0.6) is 11.6 Å². The molecule has 0 fully saturated rings. The summed E-state index contributed by atoms with van der Waals surface area (Å²) < 4.78 is 5.63. The molecule has 7 nitrogen and oxygen atoms in total. The number of ether oxygens (including phenoxy) is 1. The van der Waals surface area contributed by atoms with Crippen molar-refractivity contribution in [2.24, 2.45) is 0 Å². The normalized spacial score (nSPS) is 10.5. The minimum absolute atomic E-state index is 0.177. The average Bonchev–Trinajstić information content (AvgIpc) is 2.47. The van der Waals surface area contributed by atoms with Crippen molar-refractivity contribution in [1.82, 2.24) is 9.97 Å². The third-order valence-electron chi connectivity index (χ3n) is 2.88. The minimum Gasteiger partial charge on any atom is -0.437 e. The van der Waals surface area contributed by atoms with Gasteiger partial charge in [0.1, 0.15) is 5.52 Å². The molecule has 0 saturated heterocycles. The Morgan fingerprint density at radius 1 is 1.14 bits per heavy atom. The van der Waals surface area contributed by atoms with E-state index in [9.17, 15) is 10.1 Å². The van der Waals surface area contributed by atoms with Crippen LogP contribution < -0.4 is 10.5 Å². The highest BCUT2D eigenvalue weighted by Gasteiger charge is 2.14. The van der Waals surface area contributed by atoms with Crippen molar-refractivity contribution in [3.8, 4) is 11.6 Å². The zero-order valence-electron chi connectivity index (χ0n) is 10.8. The van der Waals surface area contributed by atoms with Crippen molar-refractivity contribution >= 4 is 22.4 Å². The number of fused-ring (bicyclic) bond motifs is 1. The van der Waals surface area contributed by atoms with Gasteiger partial charge in [0.05, 0.1) is 4.92 Å². The number of hydrogen-bond donors (Lipinski definition) is 1. The fourth-order valence-corrected chi connectivity index (χ4v) is 1.93. The van der Waals surface area contributed by atoms with Gasteiger partial charge in [-0.05, 0) is 12.1 Å². The van der Waals surface area contributed by atoms with Crippen LogP contribution in [-0.2, 0) is 0 Å². The summed E-state index contributed by atoms with van der Waals surface area (Å²) in [5.41, 5.74) is 5.97. The van der Waals surface area contributed by atoms with Crippen LogP contribution in [0, 0.1) is 10.1 Å². The number of rotatable bonds is 3. The van der Waals surface area contributed by atoms with Gasteiger partial charge in [0.2, 0.25) is 11.7 Å². The van der Waals surface area contributed by atoms with Gasteiger partial charge in [0.25, 0.3) is 0 Å². The third-order valence-corrected chi connectivity index (χ3v) is 2.88. The monoisotopic (exact) mass is 282 g/mol. The maximum Gasteiger partial charge on any atom is 0.311 e. The van der Waals surface area contributed by atoms with Gasteiger partial charge >= 0.3 is 5.69 Å². The van der Waals surface area contributed by atoms with Gasteiger partial charge in [0, 0.05) is 23.7 Å². The third kappa shape index (κ3) is 2.44. The van der Waals surface area contributed by atoms with E-state index in [2.05, 4.69) is 9.97 Å². The number of pyridine rings is 2. The second-order valence-electron chi connectivity index (χ2n) is 4.24. The van der Waals surface area contributed by atoms with E-state index in [1.54, 1.807) is 12.3 Å².